The average molecular weight is 472 g/mol. The SMILES string of the molecule is CN(C(=O)COC(=O)c1ccc(Cl)cc1[N+](=O)[O-])c1ccccc1C(=O)NCc1ccco1. The Balaban J connectivity index is 1.68. The van der Waals surface area contributed by atoms with Gasteiger partial charge in [0.2, 0.25) is 0 Å². The third-order valence-corrected chi connectivity index (χ3v) is 4.83. The summed E-state index contributed by atoms with van der Waals surface area (Å²) in [5.41, 5.74) is -0.364. The smallest absolute Gasteiger partial charge is 0.345 e. The quantitative estimate of drug-likeness (QED) is 0.301. The van der Waals surface area contributed by atoms with Crippen molar-refractivity contribution >= 4 is 40.8 Å². The Morgan fingerprint density at radius 2 is 1.88 bits per heavy atom. The molecule has 170 valence electrons. The van der Waals surface area contributed by atoms with Crippen molar-refractivity contribution in [2.45, 2.75) is 6.54 Å². The highest BCUT2D eigenvalue weighted by Gasteiger charge is 2.24. The number of para-hydroxylation sites is 1. The number of benzene rings is 2. The minimum absolute atomic E-state index is 0.0796. The molecule has 1 N–H and O–H groups in total. The molecule has 10 nitrogen and oxygen atoms in total. The lowest BCUT2D eigenvalue weighted by molar-refractivity contribution is -0.385. The molecule has 0 fully saturated rings. The maximum absolute atomic E-state index is 12.6. The Bertz CT molecular complexity index is 1190. The van der Waals surface area contributed by atoms with Crippen LogP contribution in [-0.2, 0) is 16.1 Å². The Morgan fingerprint density at radius 3 is 2.58 bits per heavy atom. The van der Waals surface area contributed by atoms with Gasteiger partial charge in [-0.25, -0.2) is 4.79 Å². The number of furan rings is 1. The third-order valence-electron chi connectivity index (χ3n) is 4.59. The number of carbonyl (C=O) groups is 3. The first-order valence-electron chi connectivity index (χ1n) is 9.55. The van der Waals surface area contributed by atoms with Crippen LogP contribution in [0.25, 0.3) is 0 Å². The first-order valence-corrected chi connectivity index (χ1v) is 9.93. The Kier molecular flexibility index (Phi) is 7.42. The second kappa shape index (κ2) is 10.4. The Hall–Kier alpha value is -4.18. The highest BCUT2D eigenvalue weighted by molar-refractivity contribution is 6.31. The van der Waals surface area contributed by atoms with Gasteiger partial charge in [-0.15, -0.1) is 0 Å². The monoisotopic (exact) mass is 471 g/mol. The van der Waals surface area contributed by atoms with E-state index in [0.29, 0.717) is 5.76 Å². The molecule has 2 aromatic carbocycles. The fourth-order valence-corrected chi connectivity index (χ4v) is 3.06. The third kappa shape index (κ3) is 5.74. The molecule has 0 aliphatic carbocycles. The number of rotatable bonds is 8. The van der Waals surface area contributed by atoms with Gasteiger partial charge in [-0.2, -0.15) is 0 Å². The predicted octanol–water partition coefficient (Wildman–Crippen LogP) is 3.59. The van der Waals surface area contributed by atoms with E-state index in [0.717, 1.165) is 17.0 Å². The number of nitrogens with one attached hydrogen (secondary N) is 1. The molecule has 2 amide bonds. The van der Waals surface area contributed by atoms with E-state index in [-0.39, 0.29) is 28.4 Å². The molecule has 3 rings (SSSR count). The molecule has 0 unspecified atom stereocenters. The van der Waals surface area contributed by atoms with E-state index in [4.69, 9.17) is 20.8 Å². The number of hydrogen-bond acceptors (Lipinski definition) is 7. The number of nitrogens with zero attached hydrogens (tertiary/aromatic N) is 2. The minimum atomic E-state index is -1.05. The number of nitro benzene ring substituents is 1. The summed E-state index contributed by atoms with van der Waals surface area (Å²) in [6, 6.07) is 13.3. The van der Waals surface area contributed by atoms with Crippen LogP contribution in [0.5, 0.6) is 0 Å². The number of hydrogen-bond donors (Lipinski definition) is 1. The molecule has 33 heavy (non-hydrogen) atoms. The van der Waals surface area contributed by atoms with Crippen LogP contribution in [0.4, 0.5) is 11.4 Å². The molecule has 0 radical (unpaired) electrons. The first kappa shape index (κ1) is 23.5. The molecule has 0 atom stereocenters. The van der Waals surface area contributed by atoms with Crippen LogP contribution < -0.4 is 10.2 Å². The van der Waals surface area contributed by atoms with Gasteiger partial charge < -0.3 is 19.4 Å². The molecule has 0 aliphatic rings. The van der Waals surface area contributed by atoms with Crippen LogP contribution in [0.3, 0.4) is 0 Å². The molecule has 0 spiro atoms. The van der Waals surface area contributed by atoms with E-state index in [1.165, 1.54) is 19.4 Å². The predicted molar refractivity (Wildman–Crippen MR) is 118 cm³/mol. The molecular formula is C22H18ClN3O7. The van der Waals surface area contributed by atoms with Crippen molar-refractivity contribution in [2.24, 2.45) is 0 Å². The lowest BCUT2D eigenvalue weighted by Crippen LogP contribution is -2.33. The lowest BCUT2D eigenvalue weighted by Gasteiger charge is -2.20. The van der Waals surface area contributed by atoms with Crippen LogP contribution in [0.15, 0.2) is 65.3 Å². The lowest BCUT2D eigenvalue weighted by atomic mass is 10.1. The van der Waals surface area contributed by atoms with E-state index < -0.39 is 35.0 Å². The van der Waals surface area contributed by atoms with E-state index in [9.17, 15) is 24.5 Å². The summed E-state index contributed by atoms with van der Waals surface area (Å²) < 4.78 is 10.1. The number of esters is 1. The van der Waals surface area contributed by atoms with Crippen molar-refractivity contribution in [3.05, 3.63) is 92.9 Å². The maximum Gasteiger partial charge on any atom is 0.345 e. The van der Waals surface area contributed by atoms with Crippen molar-refractivity contribution in [2.75, 3.05) is 18.6 Å². The van der Waals surface area contributed by atoms with E-state index in [2.05, 4.69) is 5.32 Å². The van der Waals surface area contributed by atoms with Gasteiger partial charge in [0, 0.05) is 18.1 Å². The summed E-state index contributed by atoms with van der Waals surface area (Å²) in [6.07, 6.45) is 1.49. The molecule has 1 aromatic heterocycles. The van der Waals surface area contributed by atoms with Gasteiger partial charge >= 0.3 is 5.97 Å². The van der Waals surface area contributed by atoms with Crippen molar-refractivity contribution in [1.29, 1.82) is 0 Å². The summed E-state index contributed by atoms with van der Waals surface area (Å²) in [6.45, 7) is -0.535. The summed E-state index contributed by atoms with van der Waals surface area (Å²) in [5, 5.41) is 13.9. The van der Waals surface area contributed by atoms with E-state index in [1.54, 1.807) is 36.4 Å². The molecular weight excluding hydrogens is 454 g/mol. The number of carbonyl (C=O) groups excluding carboxylic acids is 3. The molecule has 0 saturated heterocycles. The van der Waals surface area contributed by atoms with Gasteiger partial charge in [-0.05, 0) is 36.4 Å². The summed E-state index contributed by atoms with van der Waals surface area (Å²) in [7, 11) is 1.42. The minimum Gasteiger partial charge on any atom is -0.467 e. The van der Waals surface area contributed by atoms with Crippen molar-refractivity contribution in [3.63, 3.8) is 0 Å². The zero-order valence-corrected chi connectivity index (χ0v) is 18.1. The average Bonchev–Trinajstić information content (AvgIpc) is 3.34. The van der Waals surface area contributed by atoms with Gasteiger partial charge in [0.1, 0.15) is 11.3 Å². The van der Waals surface area contributed by atoms with Crippen LogP contribution in [0.2, 0.25) is 5.02 Å². The normalized spacial score (nSPS) is 10.4. The van der Waals surface area contributed by atoms with E-state index >= 15 is 0 Å². The fraction of sp³-hybridized carbons (Fsp3) is 0.136. The second-order valence-corrected chi connectivity index (χ2v) is 7.16. The van der Waals surface area contributed by atoms with Crippen LogP contribution in [0.1, 0.15) is 26.5 Å². The summed E-state index contributed by atoms with van der Waals surface area (Å²) in [4.78, 5) is 49.1. The maximum atomic E-state index is 12.6. The second-order valence-electron chi connectivity index (χ2n) is 6.73. The van der Waals surface area contributed by atoms with Crippen molar-refractivity contribution < 1.29 is 28.5 Å². The van der Waals surface area contributed by atoms with Gasteiger partial charge in [-0.1, -0.05) is 23.7 Å². The molecule has 0 saturated carbocycles. The van der Waals surface area contributed by atoms with Gasteiger partial charge in [0.25, 0.3) is 17.5 Å². The zero-order valence-electron chi connectivity index (χ0n) is 17.3. The largest absolute Gasteiger partial charge is 0.467 e. The van der Waals surface area contributed by atoms with Crippen LogP contribution in [-0.4, -0.2) is 36.4 Å². The van der Waals surface area contributed by atoms with Crippen LogP contribution in [0, 0.1) is 10.1 Å². The number of nitro groups is 1. The molecule has 3 aromatic rings. The Labute approximate surface area is 192 Å². The van der Waals surface area contributed by atoms with Gasteiger partial charge in [0.05, 0.1) is 29.0 Å². The number of anilines is 1. The van der Waals surface area contributed by atoms with Crippen LogP contribution >= 0.6 is 11.6 Å². The zero-order chi connectivity index (χ0) is 24.0. The number of halogens is 1. The van der Waals surface area contributed by atoms with Crippen molar-refractivity contribution in [3.8, 4) is 0 Å². The molecule has 11 heteroatoms. The highest BCUT2D eigenvalue weighted by atomic mass is 35.5. The summed E-state index contributed by atoms with van der Waals surface area (Å²) >= 11 is 5.74. The standard InChI is InChI=1S/C22H18ClN3O7/c1-25(18-7-3-2-6-16(18)21(28)24-12-15-5-4-10-32-15)20(27)13-33-22(29)17-9-8-14(23)11-19(17)26(30)31/h2-11H,12-13H2,1H3,(H,24,28). The number of likely N-dealkylation sites (N-methyl/N-ethyl adjacent to an activating group) is 1. The van der Waals surface area contributed by atoms with Gasteiger partial charge in [0.15, 0.2) is 6.61 Å². The number of ether oxygens (including phenoxy) is 1. The van der Waals surface area contributed by atoms with E-state index in [1.807, 2.05) is 0 Å². The first-order chi connectivity index (χ1) is 15.8. The highest BCUT2D eigenvalue weighted by Crippen LogP contribution is 2.24. The Morgan fingerprint density at radius 1 is 1.12 bits per heavy atom. The molecule has 0 aliphatic heterocycles. The fourth-order valence-electron chi connectivity index (χ4n) is 2.90. The molecule has 0 bridgehead atoms. The number of amides is 2. The molecule has 1 heterocycles. The topological polar surface area (TPSA) is 132 Å². The summed E-state index contributed by atoms with van der Waals surface area (Å²) in [5.74, 6) is -1.57. The van der Waals surface area contributed by atoms with Crippen molar-refractivity contribution in [1.82, 2.24) is 5.32 Å². The van der Waals surface area contributed by atoms with Gasteiger partial charge in [-0.3, -0.25) is 19.7 Å².